The van der Waals surface area contributed by atoms with Gasteiger partial charge in [0, 0.05) is 12.1 Å². The molecule has 216 valence electrons. The molecule has 2 saturated heterocycles. The van der Waals surface area contributed by atoms with Gasteiger partial charge < -0.3 is 15.0 Å². The summed E-state index contributed by atoms with van der Waals surface area (Å²) in [6.07, 6.45) is -0.172. The molecule has 2 N–H and O–H groups in total. The molecule has 2 aromatic carbocycles. The Kier molecular flexibility index (Phi) is 8.47. The van der Waals surface area contributed by atoms with Crippen LogP contribution in [0.2, 0.25) is 0 Å². The Hall–Kier alpha value is -2.98. The Morgan fingerprint density at radius 1 is 1.05 bits per heavy atom. The van der Waals surface area contributed by atoms with Crippen LogP contribution < -0.4 is 15.4 Å². The normalized spacial score (nSPS) is 21.6. The van der Waals surface area contributed by atoms with Crippen LogP contribution in [-0.2, 0) is 4.79 Å². The van der Waals surface area contributed by atoms with E-state index in [4.69, 9.17) is 4.74 Å². The highest BCUT2D eigenvalue weighted by Crippen LogP contribution is 2.53. The van der Waals surface area contributed by atoms with E-state index >= 15 is 4.39 Å². The highest BCUT2D eigenvalue weighted by molar-refractivity contribution is 6.09. The molecule has 2 amide bonds. The number of piperidine rings is 1. The van der Waals surface area contributed by atoms with E-state index in [-0.39, 0.29) is 49.1 Å². The highest BCUT2D eigenvalue weighted by atomic mass is 19.4. The van der Waals surface area contributed by atoms with Crippen LogP contribution in [0.1, 0.15) is 55.3 Å². The zero-order valence-electron chi connectivity index (χ0n) is 22.4. The number of ether oxygens (including phenoxy) is 1. The Morgan fingerprint density at radius 3 is 2.42 bits per heavy atom. The van der Waals surface area contributed by atoms with E-state index in [1.165, 1.54) is 12.1 Å². The number of amides is 2. The minimum absolute atomic E-state index is 0.0608. The molecule has 0 radical (unpaired) electrons. The monoisotopic (exact) mass is 561 g/mol. The molecule has 1 saturated carbocycles. The molecule has 3 aliphatic rings. The van der Waals surface area contributed by atoms with Gasteiger partial charge in [-0.1, -0.05) is 30.7 Å². The molecule has 40 heavy (non-hydrogen) atoms. The summed E-state index contributed by atoms with van der Waals surface area (Å²) < 4.78 is 61.4. The molecular weight excluding hydrogens is 526 g/mol. The van der Waals surface area contributed by atoms with Crippen LogP contribution in [0.25, 0.3) is 11.1 Å². The van der Waals surface area contributed by atoms with Crippen molar-refractivity contribution in [1.82, 2.24) is 15.5 Å². The summed E-state index contributed by atoms with van der Waals surface area (Å²) in [7, 11) is 0. The van der Waals surface area contributed by atoms with Crippen LogP contribution in [-0.4, -0.2) is 61.7 Å². The molecule has 0 spiro atoms. The number of halogens is 4. The maximum atomic E-state index is 15.0. The summed E-state index contributed by atoms with van der Waals surface area (Å²) in [6.45, 7) is 2.23. The standard InChI is InChI=1S/C30H35F4N3O3/c31-24-17-21(22-5-1-2-6-23(22)27(38)36-28(39)25-7-3-14-35-25)8-9-26(24)40-18-20-10-15-37(16-11-20)19-29(12-4-13-29)30(32,33)34/h1-2,5-6,8-9,17,20,25,35H,3-4,7,10-16,18-19H2,(H,36,38,39)/t25-/m0/s1. The quantitative estimate of drug-likeness (QED) is 0.337. The SMILES string of the molecule is O=C(NC(=O)[C@@H]1CCCN1)c1ccccc1-c1ccc(OCC2CCN(CC3(C(F)(F)F)CCC3)CC2)c(F)c1. The van der Waals surface area contributed by atoms with Gasteiger partial charge in [0.2, 0.25) is 5.91 Å². The van der Waals surface area contributed by atoms with Crippen molar-refractivity contribution in [2.24, 2.45) is 11.3 Å². The lowest BCUT2D eigenvalue weighted by Crippen LogP contribution is -2.53. The number of rotatable bonds is 8. The second kappa shape index (κ2) is 11.9. The fourth-order valence-electron chi connectivity index (χ4n) is 5.97. The van der Waals surface area contributed by atoms with Crippen LogP contribution in [0.5, 0.6) is 5.75 Å². The average molecular weight is 562 g/mol. The lowest BCUT2D eigenvalue weighted by Gasteiger charge is -2.47. The van der Waals surface area contributed by atoms with E-state index in [1.54, 1.807) is 30.3 Å². The number of imide groups is 1. The second-order valence-corrected chi connectivity index (χ2v) is 11.3. The Bertz CT molecular complexity index is 1220. The van der Waals surface area contributed by atoms with Gasteiger partial charge in [-0.2, -0.15) is 13.2 Å². The molecule has 5 rings (SSSR count). The molecule has 2 aromatic rings. The van der Waals surface area contributed by atoms with Crippen molar-refractivity contribution in [2.45, 2.75) is 57.2 Å². The molecule has 0 bridgehead atoms. The summed E-state index contributed by atoms with van der Waals surface area (Å²) in [6, 6.07) is 10.8. The predicted octanol–water partition coefficient (Wildman–Crippen LogP) is 5.32. The molecule has 0 unspecified atom stereocenters. The van der Waals surface area contributed by atoms with Crippen LogP contribution in [0, 0.1) is 17.2 Å². The maximum absolute atomic E-state index is 15.0. The third-order valence-corrected chi connectivity index (χ3v) is 8.65. The number of alkyl halides is 3. The van der Waals surface area contributed by atoms with Gasteiger partial charge >= 0.3 is 6.18 Å². The summed E-state index contributed by atoms with van der Waals surface area (Å²) in [5.74, 6) is -1.27. The van der Waals surface area contributed by atoms with Crippen molar-refractivity contribution in [2.75, 3.05) is 32.8 Å². The minimum atomic E-state index is -4.16. The van der Waals surface area contributed by atoms with Crippen molar-refractivity contribution < 1.29 is 31.9 Å². The Morgan fingerprint density at radius 2 is 1.80 bits per heavy atom. The summed E-state index contributed by atoms with van der Waals surface area (Å²) in [5, 5.41) is 5.50. The van der Waals surface area contributed by atoms with E-state index in [2.05, 4.69) is 10.6 Å². The molecule has 1 atom stereocenters. The average Bonchev–Trinajstić information content (AvgIpc) is 3.45. The number of carbonyl (C=O) groups excluding carboxylic acids is 2. The van der Waals surface area contributed by atoms with Crippen LogP contribution in [0.3, 0.4) is 0 Å². The van der Waals surface area contributed by atoms with E-state index in [0.717, 1.165) is 13.0 Å². The molecule has 2 aliphatic heterocycles. The third kappa shape index (κ3) is 6.17. The first-order valence-corrected chi connectivity index (χ1v) is 14.0. The first-order valence-electron chi connectivity index (χ1n) is 14.0. The fraction of sp³-hybridized carbons (Fsp3) is 0.533. The predicted molar refractivity (Wildman–Crippen MR) is 142 cm³/mol. The smallest absolute Gasteiger partial charge is 0.395 e. The first-order chi connectivity index (χ1) is 19.1. The van der Waals surface area contributed by atoms with Gasteiger partial charge in [-0.15, -0.1) is 0 Å². The van der Waals surface area contributed by atoms with Gasteiger partial charge in [-0.3, -0.25) is 14.9 Å². The van der Waals surface area contributed by atoms with Gasteiger partial charge in [0.15, 0.2) is 11.6 Å². The lowest BCUT2D eigenvalue weighted by atomic mass is 9.67. The van der Waals surface area contributed by atoms with Crippen molar-refractivity contribution >= 4 is 11.8 Å². The number of hydrogen-bond acceptors (Lipinski definition) is 5. The Labute approximate surface area is 231 Å². The summed E-state index contributed by atoms with van der Waals surface area (Å²) in [4.78, 5) is 27.2. The summed E-state index contributed by atoms with van der Waals surface area (Å²) >= 11 is 0. The molecule has 1 aliphatic carbocycles. The number of benzene rings is 2. The first kappa shape index (κ1) is 28.5. The zero-order valence-corrected chi connectivity index (χ0v) is 22.4. The Balaban J connectivity index is 1.16. The van der Waals surface area contributed by atoms with Gasteiger partial charge in [0.05, 0.1) is 18.1 Å². The highest BCUT2D eigenvalue weighted by Gasteiger charge is 2.58. The van der Waals surface area contributed by atoms with E-state index in [9.17, 15) is 22.8 Å². The molecule has 3 fully saturated rings. The molecule has 10 heteroatoms. The largest absolute Gasteiger partial charge is 0.490 e. The second-order valence-electron chi connectivity index (χ2n) is 11.3. The van der Waals surface area contributed by atoms with Crippen molar-refractivity contribution in [3.05, 3.63) is 53.8 Å². The molecule has 6 nitrogen and oxygen atoms in total. The third-order valence-electron chi connectivity index (χ3n) is 8.65. The molecule has 0 aromatic heterocycles. The number of carbonyl (C=O) groups is 2. The number of nitrogens with zero attached hydrogens (tertiary/aromatic N) is 1. The topological polar surface area (TPSA) is 70.7 Å². The van der Waals surface area contributed by atoms with E-state index < -0.39 is 29.4 Å². The van der Waals surface area contributed by atoms with Crippen molar-refractivity contribution in [1.29, 1.82) is 0 Å². The fourth-order valence-corrected chi connectivity index (χ4v) is 5.97. The number of likely N-dealkylation sites (tertiary alicyclic amines) is 1. The lowest BCUT2D eigenvalue weighted by molar-refractivity contribution is -0.256. The molecule has 2 heterocycles. The van der Waals surface area contributed by atoms with E-state index in [0.29, 0.717) is 49.9 Å². The number of hydrogen-bond donors (Lipinski definition) is 2. The summed E-state index contributed by atoms with van der Waals surface area (Å²) in [5.41, 5.74) is -0.315. The van der Waals surface area contributed by atoms with E-state index in [1.807, 2.05) is 4.90 Å². The van der Waals surface area contributed by atoms with Crippen LogP contribution >= 0.6 is 0 Å². The van der Waals surface area contributed by atoms with Crippen LogP contribution in [0.4, 0.5) is 17.6 Å². The van der Waals surface area contributed by atoms with Gasteiger partial charge in [-0.05, 0) is 93.4 Å². The van der Waals surface area contributed by atoms with Crippen molar-refractivity contribution in [3.8, 4) is 16.9 Å². The van der Waals surface area contributed by atoms with Gasteiger partial charge in [0.1, 0.15) is 0 Å². The molecular formula is C30H35F4N3O3. The zero-order chi connectivity index (χ0) is 28.3. The van der Waals surface area contributed by atoms with Crippen molar-refractivity contribution in [3.63, 3.8) is 0 Å². The van der Waals surface area contributed by atoms with Gasteiger partial charge in [-0.25, -0.2) is 4.39 Å². The maximum Gasteiger partial charge on any atom is 0.395 e. The van der Waals surface area contributed by atoms with Gasteiger partial charge in [0.25, 0.3) is 5.91 Å². The number of nitrogens with one attached hydrogen (secondary N) is 2. The van der Waals surface area contributed by atoms with Crippen LogP contribution in [0.15, 0.2) is 42.5 Å². The minimum Gasteiger partial charge on any atom is -0.490 e.